The molecule has 0 fully saturated rings. The number of rotatable bonds is 4. The molecule has 1 heterocycles. The summed E-state index contributed by atoms with van der Waals surface area (Å²) in [6.07, 6.45) is 4.64. The third kappa shape index (κ3) is 2.98. The van der Waals surface area contributed by atoms with Gasteiger partial charge in [0.15, 0.2) is 0 Å². The van der Waals surface area contributed by atoms with Crippen molar-refractivity contribution in [1.82, 2.24) is 0 Å². The molecule has 0 saturated heterocycles. The summed E-state index contributed by atoms with van der Waals surface area (Å²) in [5.74, 6) is -0.929. The van der Waals surface area contributed by atoms with E-state index in [-0.39, 0.29) is 11.3 Å². The van der Waals surface area contributed by atoms with Gasteiger partial charge in [-0.15, -0.1) is 11.3 Å². The number of aromatic hydroxyl groups is 1. The molecule has 0 spiro atoms. The third-order valence-corrected chi connectivity index (χ3v) is 4.95. The largest absolute Gasteiger partial charge is 0.507 e. The molecule has 0 aliphatic carbocycles. The van der Waals surface area contributed by atoms with Crippen molar-refractivity contribution < 1.29 is 15.0 Å². The topological polar surface area (TPSA) is 57.5 Å². The molecule has 3 aromatic rings. The number of thiophene rings is 1. The highest BCUT2D eigenvalue weighted by Crippen LogP contribution is 2.33. The molecule has 0 radical (unpaired) electrons. The van der Waals surface area contributed by atoms with Gasteiger partial charge in [0.2, 0.25) is 0 Å². The highest BCUT2D eigenvalue weighted by Gasteiger charge is 2.09. The first kappa shape index (κ1) is 15.3. The maximum absolute atomic E-state index is 11.1. The second-order valence-corrected chi connectivity index (χ2v) is 6.29. The van der Waals surface area contributed by atoms with Crippen molar-refractivity contribution >= 4 is 39.5 Å². The Morgan fingerprint density at radius 1 is 1.17 bits per heavy atom. The molecule has 0 saturated carbocycles. The van der Waals surface area contributed by atoms with Crippen LogP contribution in [-0.4, -0.2) is 16.2 Å². The predicted molar refractivity (Wildman–Crippen MR) is 95.2 cm³/mol. The van der Waals surface area contributed by atoms with Gasteiger partial charge in [0.1, 0.15) is 5.75 Å². The standard InChI is InChI=1S/C19H16O3S/c1-2-14-15-5-3-4-6-17(15)23-18(14)10-8-12-11-13(19(21)22)7-9-16(12)20/h3-11,20H,2H2,1H3,(H,21,22)/b10-8+. The van der Waals surface area contributed by atoms with Gasteiger partial charge < -0.3 is 10.2 Å². The zero-order valence-electron chi connectivity index (χ0n) is 12.6. The smallest absolute Gasteiger partial charge is 0.335 e. The molecule has 1 aromatic heterocycles. The first-order chi connectivity index (χ1) is 11.1. The van der Waals surface area contributed by atoms with Crippen LogP contribution in [0.3, 0.4) is 0 Å². The van der Waals surface area contributed by atoms with Crippen molar-refractivity contribution in [2.75, 3.05) is 0 Å². The Kier molecular flexibility index (Phi) is 4.17. The first-order valence-electron chi connectivity index (χ1n) is 7.35. The first-order valence-corrected chi connectivity index (χ1v) is 8.16. The minimum absolute atomic E-state index is 0.0745. The Labute approximate surface area is 138 Å². The molecule has 0 aliphatic rings. The molecule has 0 unspecified atom stereocenters. The van der Waals surface area contributed by atoms with Crippen LogP contribution in [-0.2, 0) is 6.42 Å². The van der Waals surface area contributed by atoms with E-state index in [1.807, 2.05) is 18.2 Å². The summed E-state index contributed by atoms with van der Waals surface area (Å²) >= 11 is 1.70. The zero-order valence-corrected chi connectivity index (χ0v) is 13.4. The lowest BCUT2D eigenvalue weighted by Gasteiger charge is -2.01. The maximum Gasteiger partial charge on any atom is 0.335 e. The maximum atomic E-state index is 11.1. The van der Waals surface area contributed by atoms with Gasteiger partial charge in [-0.25, -0.2) is 4.79 Å². The zero-order chi connectivity index (χ0) is 16.4. The van der Waals surface area contributed by atoms with E-state index in [1.54, 1.807) is 17.4 Å². The Morgan fingerprint density at radius 3 is 2.70 bits per heavy atom. The Morgan fingerprint density at radius 2 is 1.96 bits per heavy atom. The minimum atomic E-state index is -1.00. The Hall–Kier alpha value is -2.59. The molecular weight excluding hydrogens is 308 g/mol. The number of aryl methyl sites for hydroxylation is 1. The Bertz CT molecular complexity index is 906. The third-order valence-electron chi connectivity index (χ3n) is 3.77. The number of hydrogen-bond acceptors (Lipinski definition) is 3. The summed E-state index contributed by atoms with van der Waals surface area (Å²) in [6.45, 7) is 2.12. The van der Waals surface area contributed by atoms with Gasteiger partial charge in [-0.1, -0.05) is 25.1 Å². The fraction of sp³-hybridized carbons (Fsp3) is 0.105. The van der Waals surface area contributed by atoms with Crippen LogP contribution < -0.4 is 0 Å². The molecule has 0 aliphatic heterocycles. The highest BCUT2D eigenvalue weighted by atomic mass is 32.1. The van der Waals surface area contributed by atoms with Gasteiger partial charge in [-0.2, -0.15) is 0 Å². The normalized spacial score (nSPS) is 11.3. The minimum Gasteiger partial charge on any atom is -0.507 e. The summed E-state index contributed by atoms with van der Waals surface area (Å²) in [5.41, 5.74) is 1.94. The summed E-state index contributed by atoms with van der Waals surface area (Å²) in [5, 5.41) is 20.2. The molecule has 0 bridgehead atoms. The van der Waals surface area contributed by atoms with E-state index in [0.717, 1.165) is 11.3 Å². The number of carboxylic acid groups (broad SMARTS) is 1. The van der Waals surface area contributed by atoms with E-state index in [9.17, 15) is 9.90 Å². The lowest BCUT2D eigenvalue weighted by atomic mass is 10.1. The van der Waals surface area contributed by atoms with E-state index in [4.69, 9.17) is 5.11 Å². The highest BCUT2D eigenvalue weighted by molar-refractivity contribution is 7.20. The summed E-state index contributed by atoms with van der Waals surface area (Å²) in [7, 11) is 0. The van der Waals surface area contributed by atoms with Crippen molar-refractivity contribution in [2.24, 2.45) is 0 Å². The van der Waals surface area contributed by atoms with Crippen LogP contribution in [0.1, 0.15) is 33.3 Å². The van der Waals surface area contributed by atoms with Gasteiger partial charge in [0.05, 0.1) is 5.56 Å². The van der Waals surface area contributed by atoms with Crippen molar-refractivity contribution in [3.63, 3.8) is 0 Å². The van der Waals surface area contributed by atoms with Crippen LogP contribution >= 0.6 is 11.3 Å². The summed E-state index contributed by atoms with van der Waals surface area (Å²) < 4.78 is 1.23. The fourth-order valence-electron chi connectivity index (χ4n) is 2.60. The summed E-state index contributed by atoms with van der Waals surface area (Å²) in [4.78, 5) is 12.2. The lowest BCUT2D eigenvalue weighted by molar-refractivity contribution is 0.0697. The average molecular weight is 324 g/mol. The lowest BCUT2D eigenvalue weighted by Crippen LogP contribution is -1.95. The van der Waals surface area contributed by atoms with Crippen LogP contribution in [0.4, 0.5) is 0 Å². The molecule has 3 nitrogen and oxygen atoms in total. The molecule has 116 valence electrons. The van der Waals surface area contributed by atoms with E-state index in [2.05, 4.69) is 19.1 Å². The molecule has 23 heavy (non-hydrogen) atoms. The van der Waals surface area contributed by atoms with Gasteiger partial charge in [-0.3, -0.25) is 0 Å². The van der Waals surface area contributed by atoms with Crippen LogP contribution in [0.2, 0.25) is 0 Å². The fourth-order valence-corrected chi connectivity index (χ4v) is 3.80. The molecule has 0 atom stereocenters. The summed E-state index contributed by atoms with van der Waals surface area (Å²) in [6, 6.07) is 12.6. The number of benzene rings is 2. The van der Waals surface area contributed by atoms with Crippen molar-refractivity contribution in [3.8, 4) is 5.75 Å². The second-order valence-electron chi connectivity index (χ2n) is 5.21. The van der Waals surface area contributed by atoms with Crippen LogP contribution in [0.25, 0.3) is 22.2 Å². The van der Waals surface area contributed by atoms with Gasteiger partial charge >= 0.3 is 5.97 Å². The molecule has 0 amide bonds. The van der Waals surface area contributed by atoms with Crippen molar-refractivity contribution in [3.05, 3.63) is 64.0 Å². The molecule has 4 heteroatoms. The van der Waals surface area contributed by atoms with E-state index < -0.39 is 5.97 Å². The monoisotopic (exact) mass is 324 g/mol. The number of hydrogen-bond donors (Lipinski definition) is 2. The average Bonchev–Trinajstić information content (AvgIpc) is 2.91. The van der Waals surface area contributed by atoms with E-state index in [1.165, 1.54) is 33.8 Å². The number of fused-ring (bicyclic) bond motifs is 1. The molecule has 3 rings (SSSR count). The second kappa shape index (κ2) is 6.26. The van der Waals surface area contributed by atoms with Crippen LogP contribution in [0.5, 0.6) is 5.75 Å². The Balaban J connectivity index is 2.03. The number of phenols is 1. The number of aromatic carboxylic acids is 1. The van der Waals surface area contributed by atoms with Crippen molar-refractivity contribution in [1.29, 1.82) is 0 Å². The van der Waals surface area contributed by atoms with Gasteiger partial charge in [0.25, 0.3) is 0 Å². The number of carboxylic acids is 1. The number of phenolic OH excluding ortho intramolecular Hbond substituents is 1. The van der Waals surface area contributed by atoms with E-state index in [0.29, 0.717) is 5.56 Å². The van der Waals surface area contributed by atoms with Crippen molar-refractivity contribution in [2.45, 2.75) is 13.3 Å². The van der Waals surface area contributed by atoms with Gasteiger partial charge in [-0.05, 0) is 53.8 Å². The molecule has 2 N–H and O–H groups in total. The van der Waals surface area contributed by atoms with Crippen LogP contribution in [0.15, 0.2) is 42.5 Å². The van der Waals surface area contributed by atoms with Gasteiger partial charge in [0, 0.05) is 15.1 Å². The SMILES string of the molecule is CCc1c(/C=C/c2cc(C(=O)O)ccc2O)sc2ccccc12. The van der Waals surface area contributed by atoms with Crippen LogP contribution in [0, 0.1) is 0 Å². The predicted octanol–water partition coefficient (Wildman–Crippen LogP) is 5.04. The number of carbonyl (C=O) groups is 1. The molecular formula is C19H16O3S. The quantitative estimate of drug-likeness (QED) is 0.707. The molecule has 2 aromatic carbocycles. The van der Waals surface area contributed by atoms with E-state index >= 15 is 0 Å².